The van der Waals surface area contributed by atoms with Crippen LogP contribution in [0, 0.1) is 12.3 Å². The standard InChI is InChI=1S/C19H25N3OS/c1-13-17(18(23)22-10-9-15(20)19(2,3)12-22)24-16(21-13)11-14-7-5-4-6-8-14/h4-8,15H,9-12,20H2,1-3H3. The van der Waals surface area contributed by atoms with Gasteiger partial charge in [0.05, 0.1) is 10.7 Å². The molecule has 2 aromatic rings. The first-order valence-electron chi connectivity index (χ1n) is 8.42. The van der Waals surface area contributed by atoms with Crippen LogP contribution >= 0.6 is 11.3 Å². The van der Waals surface area contributed by atoms with Crippen LogP contribution in [-0.4, -0.2) is 34.9 Å². The van der Waals surface area contributed by atoms with Gasteiger partial charge in [-0.05, 0) is 24.3 Å². The molecule has 1 saturated heterocycles. The van der Waals surface area contributed by atoms with Gasteiger partial charge in [-0.3, -0.25) is 4.79 Å². The number of benzene rings is 1. The van der Waals surface area contributed by atoms with Gasteiger partial charge in [0.2, 0.25) is 0 Å². The Morgan fingerprint density at radius 1 is 1.38 bits per heavy atom. The van der Waals surface area contributed by atoms with Crippen LogP contribution in [0.25, 0.3) is 0 Å². The maximum atomic E-state index is 12.9. The normalized spacial score (nSPS) is 20.2. The molecule has 2 heterocycles. The largest absolute Gasteiger partial charge is 0.337 e. The molecule has 5 heteroatoms. The third-order valence-corrected chi connectivity index (χ3v) is 5.98. The van der Waals surface area contributed by atoms with Crippen molar-refractivity contribution in [3.8, 4) is 0 Å². The van der Waals surface area contributed by atoms with Gasteiger partial charge in [0, 0.05) is 25.6 Å². The minimum Gasteiger partial charge on any atom is -0.337 e. The second kappa shape index (κ2) is 6.65. The molecule has 1 amide bonds. The summed E-state index contributed by atoms with van der Waals surface area (Å²) in [4.78, 5) is 20.3. The number of aryl methyl sites for hydroxylation is 1. The van der Waals surface area contributed by atoms with E-state index in [1.807, 2.05) is 30.0 Å². The molecule has 4 nitrogen and oxygen atoms in total. The maximum absolute atomic E-state index is 12.9. The first-order valence-corrected chi connectivity index (χ1v) is 9.23. The summed E-state index contributed by atoms with van der Waals surface area (Å²) < 4.78 is 0. The van der Waals surface area contributed by atoms with Crippen molar-refractivity contribution >= 4 is 17.2 Å². The number of rotatable bonds is 3. The molecule has 1 fully saturated rings. The van der Waals surface area contributed by atoms with E-state index >= 15 is 0 Å². The van der Waals surface area contributed by atoms with E-state index in [9.17, 15) is 4.79 Å². The van der Waals surface area contributed by atoms with Crippen LogP contribution in [0.3, 0.4) is 0 Å². The van der Waals surface area contributed by atoms with Gasteiger partial charge in [-0.25, -0.2) is 4.98 Å². The highest BCUT2D eigenvalue weighted by atomic mass is 32.1. The monoisotopic (exact) mass is 343 g/mol. The molecular weight excluding hydrogens is 318 g/mol. The molecule has 1 aromatic heterocycles. The fourth-order valence-corrected chi connectivity index (χ4v) is 4.25. The number of likely N-dealkylation sites (tertiary alicyclic amines) is 1. The number of carbonyl (C=O) groups is 1. The molecule has 1 atom stereocenters. The van der Waals surface area contributed by atoms with Gasteiger partial charge in [-0.1, -0.05) is 44.2 Å². The summed E-state index contributed by atoms with van der Waals surface area (Å²) in [6, 6.07) is 10.4. The van der Waals surface area contributed by atoms with Gasteiger partial charge in [0.25, 0.3) is 5.91 Å². The van der Waals surface area contributed by atoms with Crippen molar-refractivity contribution in [2.45, 2.75) is 39.7 Å². The maximum Gasteiger partial charge on any atom is 0.265 e. The van der Waals surface area contributed by atoms with E-state index in [0.29, 0.717) is 6.54 Å². The highest BCUT2D eigenvalue weighted by Crippen LogP contribution is 2.30. The van der Waals surface area contributed by atoms with Crippen LogP contribution in [-0.2, 0) is 6.42 Å². The Hall–Kier alpha value is -1.72. The van der Waals surface area contributed by atoms with Crippen molar-refractivity contribution in [3.63, 3.8) is 0 Å². The van der Waals surface area contributed by atoms with Gasteiger partial charge in [0.1, 0.15) is 4.88 Å². The number of piperidine rings is 1. The van der Waals surface area contributed by atoms with Crippen LogP contribution in [0.5, 0.6) is 0 Å². The number of nitrogens with two attached hydrogens (primary N) is 1. The third kappa shape index (κ3) is 3.52. The quantitative estimate of drug-likeness (QED) is 0.931. The van der Waals surface area contributed by atoms with Crippen molar-refractivity contribution in [2.24, 2.45) is 11.1 Å². The topological polar surface area (TPSA) is 59.2 Å². The van der Waals surface area contributed by atoms with E-state index in [4.69, 9.17) is 5.73 Å². The van der Waals surface area contributed by atoms with Crippen LogP contribution in [0.1, 0.15) is 46.2 Å². The Bertz CT molecular complexity index is 723. The van der Waals surface area contributed by atoms with Crippen molar-refractivity contribution in [3.05, 3.63) is 51.5 Å². The summed E-state index contributed by atoms with van der Waals surface area (Å²) in [5, 5.41) is 0.995. The van der Waals surface area contributed by atoms with E-state index in [0.717, 1.165) is 35.0 Å². The molecule has 24 heavy (non-hydrogen) atoms. The lowest BCUT2D eigenvalue weighted by molar-refractivity contribution is 0.0536. The number of nitrogens with zero attached hydrogens (tertiary/aromatic N) is 2. The minimum absolute atomic E-state index is 0.0423. The van der Waals surface area contributed by atoms with Crippen LogP contribution in [0.4, 0.5) is 0 Å². The number of carbonyl (C=O) groups excluding carboxylic acids is 1. The second-order valence-corrected chi connectivity index (χ2v) is 8.38. The van der Waals surface area contributed by atoms with E-state index in [2.05, 4.69) is 31.0 Å². The third-order valence-electron chi connectivity index (χ3n) is 4.83. The van der Waals surface area contributed by atoms with Gasteiger partial charge in [-0.15, -0.1) is 11.3 Å². The smallest absolute Gasteiger partial charge is 0.265 e. The molecule has 0 saturated carbocycles. The van der Waals surface area contributed by atoms with Gasteiger partial charge in [-0.2, -0.15) is 0 Å². The predicted octanol–water partition coefficient (Wildman–Crippen LogP) is 3.24. The van der Waals surface area contributed by atoms with Gasteiger partial charge >= 0.3 is 0 Å². The summed E-state index contributed by atoms with van der Waals surface area (Å²) in [6.07, 6.45) is 1.63. The molecule has 1 aliphatic heterocycles. The number of aromatic nitrogens is 1. The molecule has 0 spiro atoms. The second-order valence-electron chi connectivity index (χ2n) is 7.29. The van der Waals surface area contributed by atoms with Crippen molar-refractivity contribution in [2.75, 3.05) is 13.1 Å². The SMILES string of the molecule is Cc1nc(Cc2ccccc2)sc1C(=O)N1CCC(N)C(C)(C)C1. The molecule has 0 radical (unpaired) electrons. The Morgan fingerprint density at radius 3 is 2.75 bits per heavy atom. The highest BCUT2D eigenvalue weighted by molar-refractivity contribution is 7.13. The van der Waals surface area contributed by atoms with E-state index < -0.39 is 0 Å². The molecule has 1 aromatic carbocycles. The number of hydrogen-bond donors (Lipinski definition) is 1. The fraction of sp³-hybridized carbons (Fsp3) is 0.474. The van der Waals surface area contributed by atoms with Gasteiger partial charge < -0.3 is 10.6 Å². The van der Waals surface area contributed by atoms with E-state index in [-0.39, 0.29) is 17.4 Å². The Balaban J connectivity index is 1.76. The Labute approximate surface area is 147 Å². The molecule has 0 bridgehead atoms. The lowest BCUT2D eigenvalue weighted by atomic mass is 9.79. The lowest BCUT2D eigenvalue weighted by Crippen LogP contribution is -2.53. The summed E-state index contributed by atoms with van der Waals surface area (Å²) in [6.45, 7) is 7.64. The molecule has 2 N–H and O–H groups in total. The van der Waals surface area contributed by atoms with Crippen LogP contribution in [0.15, 0.2) is 30.3 Å². The fourth-order valence-electron chi connectivity index (χ4n) is 3.19. The van der Waals surface area contributed by atoms with Crippen molar-refractivity contribution in [1.29, 1.82) is 0 Å². The lowest BCUT2D eigenvalue weighted by Gasteiger charge is -2.42. The molecule has 1 unspecified atom stereocenters. The minimum atomic E-state index is -0.0423. The Morgan fingerprint density at radius 2 is 2.08 bits per heavy atom. The average molecular weight is 343 g/mol. The summed E-state index contributed by atoms with van der Waals surface area (Å²) in [7, 11) is 0. The summed E-state index contributed by atoms with van der Waals surface area (Å²) in [5.74, 6) is 0.101. The van der Waals surface area contributed by atoms with Crippen molar-refractivity contribution < 1.29 is 4.79 Å². The zero-order chi connectivity index (χ0) is 17.3. The zero-order valence-electron chi connectivity index (χ0n) is 14.6. The van der Waals surface area contributed by atoms with Crippen molar-refractivity contribution in [1.82, 2.24) is 9.88 Å². The van der Waals surface area contributed by atoms with E-state index in [1.54, 1.807) is 0 Å². The number of amides is 1. The molecule has 3 rings (SSSR count). The molecule has 1 aliphatic rings. The van der Waals surface area contributed by atoms with Crippen LogP contribution < -0.4 is 5.73 Å². The Kier molecular flexibility index (Phi) is 4.74. The zero-order valence-corrected chi connectivity index (χ0v) is 15.4. The number of thiazole rings is 1. The first-order chi connectivity index (χ1) is 11.4. The highest BCUT2D eigenvalue weighted by Gasteiger charge is 2.36. The summed E-state index contributed by atoms with van der Waals surface area (Å²) >= 11 is 1.52. The number of hydrogen-bond acceptors (Lipinski definition) is 4. The van der Waals surface area contributed by atoms with Crippen LogP contribution in [0.2, 0.25) is 0 Å². The predicted molar refractivity (Wildman–Crippen MR) is 98.4 cm³/mol. The molecular formula is C19H25N3OS. The molecule has 0 aliphatic carbocycles. The first kappa shape index (κ1) is 17.1. The molecule has 128 valence electrons. The van der Waals surface area contributed by atoms with E-state index in [1.165, 1.54) is 16.9 Å². The van der Waals surface area contributed by atoms with Gasteiger partial charge in [0.15, 0.2) is 0 Å². The average Bonchev–Trinajstić information content (AvgIpc) is 2.90. The summed E-state index contributed by atoms with van der Waals surface area (Å²) in [5.41, 5.74) is 8.20.